The second-order valence-corrected chi connectivity index (χ2v) is 5.06. The molecular weight excluding hydrogens is 322 g/mol. The Morgan fingerprint density at radius 2 is 1.23 bits per heavy atom. The molecule has 0 aliphatic rings. The molecule has 1 nitrogen and oxygen atoms in total. The van der Waals surface area contributed by atoms with Crippen LogP contribution in [0.25, 0.3) is 0 Å². The molecule has 0 aliphatic carbocycles. The van der Waals surface area contributed by atoms with Crippen molar-refractivity contribution in [3.63, 3.8) is 0 Å². The summed E-state index contributed by atoms with van der Waals surface area (Å²) in [6.07, 6.45) is -9.90. The smallest absolute Gasteiger partial charge is 0.353 e. The molecule has 0 aliphatic heterocycles. The van der Waals surface area contributed by atoms with Crippen molar-refractivity contribution in [1.29, 1.82) is 0 Å². The van der Waals surface area contributed by atoms with Crippen LogP contribution in [0.2, 0.25) is 0 Å². The Hall–Kier alpha value is -1.54. The summed E-state index contributed by atoms with van der Waals surface area (Å²) < 4.78 is 102. The quantitative estimate of drug-likeness (QED) is 0.699. The van der Waals surface area contributed by atoms with E-state index >= 15 is 0 Å². The maximum absolute atomic E-state index is 13.8. The van der Waals surface area contributed by atoms with Gasteiger partial charge in [-0.15, -0.1) is 0 Å². The van der Waals surface area contributed by atoms with Crippen LogP contribution >= 0.6 is 0 Å². The highest BCUT2D eigenvalue weighted by Gasteiger charge is 2.38. The summed E-state index contributed by atoms with van der Waals surface area (Å²) in [6, 6.07) is 0.964. The van der Waals surface area contributed by atoms with Crippen LogP contribution in [0.5, 0.6) is 0 Å². The molecule has 22 heavy (non-hydrogen) atoms. The molecule has 9 heteroatoms. The van der Waals surface area contributed by atoms with Crippen LogP contribution in [0.4, 0.5) is 40.8 Å². The molecule has 0 saturated carbocycles. The summed E-state index contributed by atoms with van der Waals surface area (Å²) in [5.74, 6) is -2.97. The normalized spacial score (nSPS) is 12.9. The van der Waals surface area contributed by atoms with E-state index in [9.17, 15) is 35.1 Å². The van der Waals surface area contributed by atoms with Crippen molar-refractivity contribution in [2.45, 2.75) is 32.1 Å². The van der Waals surface area contributed by atoms with Gasteiger partial charge in [0.05, 0.1) is 0 Å². The minimum atomic E-state index is -4.95. The average molecular weight is 335 g/mol. The molecule has 0 bridgehead atoms. The number of halogens is 8. The van der Waals surface area contributed by atoms with E-state index in [1.54, 1.807) is 0 Å². The molecule has 1 aromatic carbocycles. The van der Waals surface area contributed by atoms with Crippen molar-refractivity contribution in [2.24, 2.45) is 0 Å². The molecule has 0 amide bonds. The highest BCUT2D eigenvalue weighted by atomic mass is 19.4. The Bertz CT molecular complexity index is 479. The fourth-order valence-corrected chi connectivity index (χ4v) is 1.98. The fourth-order valence-electron chi connectivity index (χ4n) is 1.98. The molecule has 0 spiro atoms. The summed E-state index contributed by atoms with van der Waals surface area (Å²) in [7, 11) is 0. The molecule has 0 atom stereocenters. The van der Waals surface area contributed by atoms with Crippen molar-refractivity contribution < 1.29 is 35.1 Å². The van der Waals surface area contributed by atoms with Gasteiger partial charge in [-0.2, -0.15) is 26.3 Å². The minimum absolute atomic E-state index is 0.156. The predicted octanol–water partition coefficient (Wildman–Crippen LogP) is 5.02. The highest BCUT2D eigenvalue weighted by Crippen LogP contribution is 2.31. The Morgan fingerprint density at radius 3 is 1.50 bits per heavy atom. The molecule has 1 rings (SSSR count). The van der Waals surface area contributed by atoms with E-state index in [1.807, 2.05) is 0 Å². The first-order valence-electron chi connectivity index (χ1n) is 6.17. The molecule has 0 N–H and O–H groups in total. The average Bonchev–Trinajstić information content (AvgIpc) is 2.22. The van der Waals surface area contributed by atoms with Crippen LogP contribution in [-0.4, -0.2) is 25.4 Å². The maximum Gasteiger partial charge on any atom is 0.405 e. The molecule has 0 unspecified atom stereocenters. The van der Waals surface area contributed by atoms with Gasteiger partial charge in [0, 0.05) is 11.3 Å². The summed E-state index contributed by atoms with van der Waals surface area (Å²) in [6.45, 7) is -1.03. The van der Waals surface area contributed by atoms with Crippen molar-refractivity contribution in [2.75, 3.05) is 18.0 Å². The summed E-state index contributed by atoms with van der Waals surface area (Å²) in [5, 5.41) is 0. The van der Waals surface area contributed by atoms with Gasteiger partial charge in [0.2, 0.25) is 0 Å². The van der Waals surface area contributed by atoms with E-state index in [2.05, 4.69) is 0 Å². The zero-order valence-corrected chi connectivity index (χ0v) is 11.6. The Kier molecular flexibility index (Phi) is 5.30. The topological polar surface area (TPSA) is 3.24 Å². The lowest BCUT2D eigenvalue weighted by molar-refractivity contribution is -0.137. The van der Waals surface area contributed by atoms with Crippen molar-refractivity contribution in [1.82, 2.24) is 0 Å². The fraction of sp³-hybridized carbons (Fsp3) is 0.538. The predicted molar refractivity (Wildman–Crippen MR) is 64.8 cm³/mol. The molecule has 126 valence electrons. The molecule has 0 aromatic heterocycles. The lowest BCUT2D eigenvalue weighted by Crippen LogP contribution is -2.40. The number of alkyl halides is 6. The summed E-state index contributed by atoms with van der Waals surface area (Å²) in [4.78, 5) is -0.156. The lowest BCUT2D eigenvalue weighted by atomic mass is 10.0. The monoisotopic (exact) mass is 335 g/mol. The van der Waals surface area contributed by atoms with Gasteiger partial charge < -0.3 is 4.90 Å². The number of hydrogen-bond donors (Lipinski definition) is 0. The maximum atomic E-state index is 13.8. The van der Waals surface area contributed by atoms with Crippen LogP contribution in [0.3, 0.4) is 0 Å². The molecule has 0 heterocycles. The van der Waals surface area contributed by atoms with Gasteiger partial charge in [0.1, 0.15) is 24.7 Å². The van der Waals surface area contributed by atoms with Gasteiger partial charge in [0.25, 0.3) is 0 Å². The molecule has 1 aromatic rings. The zero-order chi connectivity index (χ0) is 17.3. The number of rotatable bonds is 4. The van der Waals surface area contributed by atoms with Crippen LogP contribution < -0.4 is 4.90 Å². The Balaban J connectivity index is 3.25. The van der Waals surface area contributed by atoms with Crippen molar-refractivity contribution >= 4 is 5.69 Å². The largest absolute Gasteiger partial charge is 0.405 e. The second-order valence-electron chi connectivity index (χ2n) is 5.06. The first kappa shape index (κ1) is 18.5. The van der Waals surface area contributed by atoms with Crippen LogP contribution in [-0.2, 0) is 0 Å². The van der Waals surface area contributed by atoms with E-state index < -0.39 is 48.7 Å². The number of anilines is 1. The van der Waals surface area contributed by atoms with Crippen LogP contribution in [0.15, 0.2) is 12.1 Å². The van der Waals surface area contributed by atoms with Gasteiger partial charge in [0.15, 0.2) is 0 Å². The zero-order valence-electron chi connectivity index (χ0n) is 11.6. The molecule has 0 saturated heterocycles. The van der Waals surface area contributed by atoms with E-state index in [-0.39, 0.29) is 10.5 Å². The number of hydrogen-bond acceptors (Lipinski definition) is 1. The third-order valence-corrected chi connectivity index (χ3v) is 2.75. The standard InChI is InChI=1S/C13H13F8N/c1-7(2)11-9(14)3-8(4-10(11)15)22(5-12(16,17)18)6-13(19,20)21/h3-4,7H,5-6H2,1-2H3. The van der Waals surface area contributed by atoms with E-state index in [4.69, 9.17) is 0 Å². The first-order valence-corrected chi connectivity index (χ1v) is 6.17. The van der Waals surface area contributed by atoms with E-state index in [0.29, 0.717) is 12.1 Å². The SMILES string of the molecule is CC(C)c1c(F)cc(N(CC(F)(F)F)CC(F)(F)F)cc1F. The van der Waals surface area contributed by atoms with Crippen molar-refractivity contribution in [3.8, 4) is 0 Å². The van der Waals surface area contributed by atoms with Crippen molar-refractivity contribution in [3.05, 3.63) is 29.3 Å². The van der Waals surface area contributed by atoms with E-state index in [0.717, 1.165) is 0 Å². The third kappa shape index (κ3) is 5.34. The summed E-state index contributed by atoms with van der Waals surface area (Å²) >= 11 is 0. The molecule has 0 radical (unpaired) electrons. The third-order valence-electron chi connectivity index (χ3n) is 2.75. The first-order chi connectivity index (χ1) is 9.80. The lowest BCUT2D eigenvalue weighted by Gasteiger charge is -2.27. The Labute approximate surface area is 121 Å². The van der Waals surface area contributed by atoms with Gasteiger partial charge in [-0.1, -0.05) is 13.8 Å². The Morgan fingerprint density at radius 1 is 0.864 bits per heavy atom. The van der Waals surface area contributed by atoms with Gasteiger partial charge in [-0.3, -0.25) is 0 Å². The van der Waals surface area contributed by atoms with Gasteiger partial charge in [-0.25, -0.2) is 8.78 Å². The summed E-state index contributed by atoms with van der Waals surface area (Å²) in [5.41, 5.74) is -1.20. The van der Waals surface area contributed by atoms with E-state index in [1.165, 1.54) is 13.8 Å². The highest BCUT2D eigenvalue weighted by molar-refractivity contribution is 5.50. The minimum Gasteiger partial charge on any atom is -0.353 e. The van der Waals surface area contributed by atoms with Crippen LogP contribution in [0, 0.1) is 11.6 Å². The van der Waals surface area contributed by atoms with Gasteiger partial charge in [-0.05, 0) is 18.1 Å². The second kappa shape index (κ2) is 6.29. The van der Waals surface area contributed by atoms with Gasteiger partial charge >= 0.3 is 12.4 Å². The molecule has 0 fully saturated rings. The number of benzene rings is 1. The van der Waals surface area contributed by atoms with Crippen LogP contribution in [0.1, 0.15) is 25.3 Å². The molecular formula is C13H13F8N. The number of nitrogens with zero attached hydrogens (tertiary/aromatic N) is 1.